The molecule has 1 unspecified atom stereocenters. The van der Waals surface area contributed by atoms with E-state index in [0.717, 1.165) is 47.5 Å². The Hall–Kier alpha value is -1.64. The fourth-order valence-electron chi connectivity index (χ4n) is 4.80. The molecule has 8 heteroatoms. The molecule has 0 bridgehead atoms. The molecule has 198 valence electrons. The van der Waals surface area contributed by atoms with Crippen molar-refractivity contribution < 1.29 is 17.9 Å². The number of fused-ring (bicyclic) bond motifs is 1. The van der Waals surface area contributed by atoms with Crippen LogP contribution < -0.4 is 4.90 Å². The molecular formula is C28H39NO4S3. The molecule has 1 heterocycles. The first-order valence-corrected chi connectivity index (χ1v) is 16.4. The molecular weight excluding hydrogens is 511 g/mol. The van der Waals surface area contributed by atoms with Crippen molar-refractivity contribution in [3.8, 4) is 0 Å². The molecule has 2 aromatic rings. The lowest BCUT2D eigenvalue weighted by Gasteiger charge is -2.36. The van der Waals surface area contributed by atoms with E-state index in [2.05, 4.69) is 30.9 Å². The molecule has 0 fully saturated rings. The van der Waals surface area contributed by atoms with Crippen molar-refractivity contribution in [2.75, 3.05) is 30.6 Å². The highest BCUT2D eigenvalue weighted by molar-refractivity contribution is 8.00. The Morgan fingerprint density at radius 2 is 1.86 bits per heavy atom. The highest BCUT2D eigenvalue weighted by Crippen LogP contribution is 2.46. The van der Waals surface area contributed by atoms with Gasteiger partial charge in [0.05, 0.1) is 23.4 Å². The number of unbranched alkanes of at least 4 members (excludes halogenated alkanes) is 1. The van der Waals surface area contributed by atoms with Gasteiger partial charge in [0.2, 0.25) is 0 Å². The number of para-hydroxylation sites is 1. The van der Waals surface area contributed by atoms with Crippen molar-refractivity contribution in [2.45, 2.75) is 73.7 Å². The highest BCUT2D eigenvalue weighted by Gasteiger charge is 2.42. The van der Waals surface area contributed by atoms with Gasteiger partial charge < -0.3 is 9.64 Å². The van der Waals surface area contributed by atoms with Crippen molar-refractivity contribution in [3.05, 3.63) is 48.0 Å². The molecule has 0 aromatic heterocycles. The van der Waals surface area contributed by atoms with Crippen LogP contribution in [-0.4, -0.2) is 44.8 Å². The van der Waals surface area contributed by atoms with E-state index in [0.29, 0.717) is 17.2 Å². The van der Waals surface area contributed by atoms with Crippen molar-refractivity contribution in [3.63, 3.8) is 0 Å². The minimum atomic E-state index is -3.54. The summed E-state index contributed by atoms with van der Waals surface area (Å²) in [5.74, 6) is 0.367. The lowest BCUT2D eigenvalue weighted by molar-refractivity contribution is -0.142. The van der Waals surface area contributed by atoms with Crippen molar-refractivity contribution in [2.24, 2.45) is 5.41 Å². The van der Waals surface area contributed by atoms with Crippen LogP contribution >= 0.6 is 23.5 Å². The number of anilines is 2. The van der Waals surface area contributed by atoms with Gasteiger partial charge in [0.1, 0.15) is 4.75 Å². The Bertz CT molecular complexity index is 1160. The molecule has 5 nitrogen and oxygen atoms in total. The maximum Gasteiger partial charge on any atom is 0.321 e. The van der Waals surface area contributed by atoms with Crippen LogP contribution in [0.2, 0.25) is 0 Å². The smallest absolute Gasteiger partial charge is 0.321 e. The average molecular weight is 550 g/mol. The predicted molar refractivity (Wildman–Crippen MR) is 153 cm³/mol. The van der Waals surface area contributed by atoms with Gasteiger partial charge in [0.15, 0.2) is 9.84 Å². The monoisotopic (exact) mass is 549 g/mol. The van der Waals surface area contributed by atoms with E-state index in [1.54, 1.807) is 11.8 Å². The maximum atomic E-state index is 14.0. The molecule has 0 N–H and O–H groups in total. The average Bonchev–Trinajstić information content (AvgIpc) is 2.97. The number of carbonyl (C=O) groups is 1. The first-order valence-electron chi connectivity index (χ1n) is 12.5. The van der Waals surface area contributed by atoms with Crippen LogP contribution in [0, 0.1) is 5.41 Å². The SMILES string of the molecule is CCCCC1(CC)CN(c2ccccc2)c2cc(SC)c(CSC(C)(C)C(=O)OC)cc2S(=O)(=O)C1. The van der Waals surface area contributed by atoms with E-state index in [1.165, 1.54) is 18.9 Å². The molecule has 1 aliphatic rings. The zero-order valence-corrected chi connectivity index (χ0v) is 24.7. The van der Waals surface area contributed by atoms with Gasteiger partial charge >= 0.3 is 5.97 Å². The van der Waals surface area contributed by atoms with Gasteiger partial charge in [-0.2, -0.15) is 0 Å². The molecule has 3 rings (SSSR count). The predicted octanol–water partition coefficient (Wildman–Crippen LogP) is 7.11. The number of methoxy groups -OCH3 is 1. The fourth-order valence-corrected chi connectivity index (χ4v) is 8.68. The standard InChI is InChI=1S/C28H39NO4S3/c1-7-9-15-28(8-2)19-29(22-13-11-10-12-14-22)23-17-24(34-6)21(16-25(23)36(31,32)20-28)18-35-27(3,4)26(30)33-5/h10-14,16-17H,7-9,15,18-20H2,1-6H3. The summed E-state index contributed by atoms with van der Waals surface area (Å²) in [7, 11) is -2.15. The lowest BCUT2D eigenvalue weighted by Crippen LogP contribution is -2.37. The van der Waals surface area contributed by atoms with E-state index in [-0.39, 0.29) is 17.1 Å². The van der Waals surface area contributed by atoms with Gasteiger partial charge in [0.25, 0.3) is 0 Å². The minimum Gasteiger partial charge on any atom is -0.468 e. The fraction of sp³-hybridized carbons (Fsp3) is 0.536. The Morgan fingerprint density at radius 1 is 1.17 bits per heavy atom. The second-order valence-corrected chi connectivity index (χ2v) is 14.5. The summed E-state index contributed by atoms with van der Waals surface area (Å²) in [4.78, 5) is 15.9. The van der Waals surface area contributed by atoms with Crippen molar-refractivity contribution in [1.82, 2.24) is 0 Å². The van der Waals surface area contributed by atoms with E-state index in [4.69, 9.17) is 4.74 Å². The van der Waals surface area contributed by atoms with E-state index in [9.17, 15) is 13.2 Å². The number of benzene rings is 2. The van der Waals surface area contributed by atoms with Crippen LogP contribution in [0.25, 0.3) is 0 Å². The van der Waals surface area contributed by atoms with E-state index < -0.39 is 14.6 Å². The highest BCUT2D eigenvalue weighted by atomic mass is 32.2. The number of carbonyl (C=O) groups excluding carboxylic acids is 1. The third kappa shape index (κ3) is 6.25. The minimum absolute atomic E-state index is 0.145. The first kappa shape index (κ1) is 28.9. The van der Waals surface area contributed by atoms with Crippen LogP contribution in [0.4, 0.5) is 11.4 Å². The zero-order valence-electron chi connectivity index (χ0n) is 22.3. The largest absolute Gasteiger partial charge is 0.468 e. The Morgan fingerprint density at radius 3 is 2.44 bits per heavy atom. The van der Waals surface area contributed by atoms with Gasteiger partial charge in [-0.3, -0.25) is 4.79 Å². The Labute approximate surface area is 225 Å². The molecule has 0 radical (unpaired) electrons. The number of thioether (sulfide) groups is 2. The molecule has 0 amide bonds. The Kier molecular flexibility index (Phi) is 9.50. The molecule has 36 heavy (non-hydrogen) atoms. The van der Waals surface area contributed by atoms with Crippen LogP contribution in [-0.2, 0) is 25.1 Å². The molecule has 0 saturated heterocycles. The molecule has 0 saturated carbocycles. The topological polar surface area (TPSA) is 63.7 Å². The van der Waals surface area contributed by atoms with Crippen molar-refractivity contribution in [1.29, 1.82) is 0 Å². The number of nitrogens with zero attached hydrogens (tertiary/aromatic N) is 1. The third-order valence-corrected chi connectivity index (χ3v) is 11.3. The second kappa shape index (κ2) is 11.8. The number of rotatable bonds is 10. The summed E-state index contributed by atoms with van der Waals surface area (Å²) >= 11 is 3.07. The summed E-state index contributed by atoms with van der Waals surface area (Å²) in [5, 5.41) is 0. The van der Waals surface area contributed by atoms with Crippen molar-refractivity contribution >= 4 is 50.7 Å². The molecule has 0 aliphatic carbocycles. The number of hydrogen-bond acceptors (Lipinski definition) is 7. The summed E-state index contributed by atoms with van der Waals surface area (Å²) in [6, 6.07) is 14.0. The maximum absolute atomic E-state index is 14.0. The number of hydrogen-bond donors (Lipinski definition) is 0. The van der Waals surface area contributed by atoms with E-state index in [1.807, 2.05) is 50.4 Å². The normalized spacial score (nSPS) is 19.4. The summed E-state index contributed by atoms with van der Waals surface area (Å²) in [6.07, 6.45) is 5.73. The number of esters is 1. The van der Waals surface area contributed by atoms with Crippen LogP contribution in [0.5, 0.6) is 0 Å². The van der Waals surface area contributed by atoms with Gasteiger partial charge in [0, 0.05) is 28.3 Å². The molecule has 1 atom stereocenters. The third-order valence-electron chi connectivity index (χ3n) is 7.12. The summed E-state index contributed by atoms with van der Waals surface area (Å²) < 4.78 is 32.2. The summed E-state index contributed by atoms with van der Waals surface area (Å²) in [6.45, 7) is 8.61. The number of sulfone groups is 1. The first-order chi connectivity index (χ1) is 17.0. The van der Waals surface area contributed by atoms with Gasteiger partial charge in [-0.1, -0.05) is 44.9 Å². The zero-order chi connectivity index (χ0) is 26.6. The van der Waals surface area contributed by atoms with Crippen LogP contribution in [0.3, 0.4) is 0 Å². The Balaban J connectivity index is 2.17. The van der Waals surface area contributed by atoms with E-state index >= 15 is 0 Å². The summed E-state index contributed by atoms with van der Waals surface area (Å²) in [5.41, 5.74) is 2.35. The van der Waals surface area contributed by atoms with Gasteiger partial charge in [-0.05, 0) is 62.8 Å². The quantitative estimate of drug-likeness (QED) is 0.231. The number of ether oxygens (including phenoxy) is 1. The van der Waals surface area contributed by atoms with Crippen LogP contribution in [0.1, 0.15) is 58.9 Å². The second-order valence-electron chi connectivity index (χ2n) is 10.1. The molecule has 1 aliphatic heterocycles. The van der Waals surface area contributed by atoms with Gasteiger partial charge in [-0.25, -0.2) is 8.42 Å². The van der Waals surface area contributed by atoms with Gasteiger partial charge in [-0.15, -0.1) is 23.5 Å². The van der Waals surface area contributed by atoms with Crippen LogP contribution in [0.15, 0.2) is 52.3 Å². The lowest BCUT2D eigenvalue weighted by atomic mass is 9.81. The molecule has 2 aromatic carbocycles. The molecule has 0 spiro atoms.